The lowest BCUT2D eigenvalue weighted by atomic mass is 10.2. The number of aromatic nitrogens is 4. The van der Waals surface area contributed by atoms with E-state index < -0.39 is 17.8 Å². The number of amides is 2. The van der Waals surface area contributed by atoms with E-state index in [2.05, 4.69) is 30.8 Å². The number of aromatic amines is 1. The first-order chi connectivity index (χ1) is 14.4. The third kappa shape index (κ3) is 4.29. The Labute approximate surface area is 167 Å². The molecule has 0 unspecified atom stereocenters. The van der Waals surface area contributed by atoms with Crippen LogP contribution >= 0.6 is 0 Å². The van der Waals surface area contributed by atoms with Crippen LogP contribution in [-0.2, 0) is 6.18 Å². The van der Waals surface area contributed by atoms with Gasteiger partial charge in [0.1, 0.15) is 17.5 Å². The predicted molar refractivity (Wildman–Crippen MR) is 102 cm³/mol. The fourth-order valence-corrected chi connectivity index (χ4v) is 2.64. The number of ether oxygens (including phenoxy) is 1. The van der Waals surface area contributed by atoms with E-state index >= 15 is 0 Å². The van der Waals surface area contributed by atoms with E-state index in [0.29, 0.717) is 22.5 Å². The Balaban J connectivity index is 1.45. The van der Waals surface area contributed by atoms with Gasteiger partial charge >= 0.3 is 12.2 Å². The van der Waals surface area contributed by atoms with Crippen molar-refractivity contribution in [2.75, 3.05) is 10.6 Å². The number of hydrogen-bond acceptors (Lipinski definition) is 5. The van der Waals surface area contributed by atoms with Crippen molar-refractivity contribution in [2.24, 2.45) is 0 Å². The Bertz CT molecular complexity index is 1210. The lowest BCUT2D eigenvalue weighted by molar-refractivity contribution is -0.137. The fraction of sp³-hybridized carbons (Fsp3) is 0.0526. The van der Waals surface area contributed by atoms with Crippen LogP contribution in [0.25, 0.3) is 11.0 Å². The number of H-pyrrole nitrogens is 1. The molecule has 0 saturated heterocycles. The average molecular weight is 414 g/mol. The molecule has 0 radical (unpaired) electrons. The molecule has 0 bridgehead atoms. The van der Waals surface area contributed by atoms with Crippen LogP contribution in [0.5, 0.6) is 11.6 Å². The molecule has 0 aliphatic carbocycles. The molecule has 2 aromatic carbocycles. The molecule has 0 fully saturated rings. The van der Waals surface area contributed by atoms with Crippen molar-refractivity contribution in [1.82, 2.24) is 20.2 Å². The lowest BCUT2D eigenvalue weighted by Gasteiger charge is -2.11. The maximum atomic E-state index is 12.8. The SMILES string of the molecule is O=C(Nc1cccc(Oc2ncnc3[nH]ncc23)c1)Nc1cccc(C(F)(F)F)c1. The third-order valence-corrected chi connectivity index (χ3v) is 3.97. The quantitative estimate of drug-likeness (QED) is 0.445. The highest BCUT2D eigenvalue weighted by Gasteiger charge is 2.30. The van der Waals surface area contributed by atoms with E-state index in [1.807, 2.05) is 0 Å². The molecule has 3 N–H and O–H groups in total. The van der Waals surface area contributed by atoms with E-state index in [1.165, 1.54) is 24.7 Å². The molecule has 0 spiro atoms. The number of rotatable bonds is 4. The molecule has 4 aromatic rings. The van der Waals surface area contributed by atoms with Crippen molar-refractivity contribution in [3.63, 3.8) is 0 Å². The summed E-state index contributed by atoms with van der Waals surface area (Å²) >= 11 is 0. The van der Waals surface area contributed by atoms with Crippen LogP contribution in [-0.4, -0.2) is 26.2 Å². The first-order valence-corrected chi connectivity index (χ1v) is 8.56. The van der Waals surface area contributed by atoms with E-state index in [0.717, 1.165) is 12.1 Å². The number of benzene rings is 2. The third-order valence-electron chi connectivity index (χ3n) is 3.97. The lowest BCUT2D eigenvalue weighted by Crippen LogP contribution is -2.19. The molecule has 30 heavy (non-hydrogen) atoms. The number of hydrogen-bond donors (Lipinski definition) is 3. The topological polar surface area (TPSA) is 105 Å². The van der Waals surface area contributed by atoms with Gasteiger partial charge in [-0.3, -0.25) is 5.10 Å². The summed E-state index contributed by atoms with van der Waals surface area (Å²) in [7, 11) is 0. The van der Waals surface area contributed by atoms with Crippen molar-refractivity contribution in [3.8, 4) is 11.6 Å². The number of nitrogens with zero attached hydrogens (tertiary/aromatic N) is 3. The largest absolute Gasteiger partial charge is 0.438 e. The normalized spacial score (nSPS) is 11.3. The second-order valence-electron chi connectivity index (χ2n) is 6.10. The smallest absolute Gasteiger partial charge is 0.416 e. The van der Waals surface area contributed by atoms with Crippen molar-refractivity contribution in [1.29, 1.82) is 0 Å². The minimum atomic E-state index is -4.50. The zero-order valence-electron chi connectivity index (χ0n) is 15.1. The molecule has 0 aliphatic rings. The fourth-order valence-electron chi connectivity index (χ4n) is 2.64. The maximum Gasteiger partial charge on any atom is 0.416 e. The summed E-state index contributed by atoms with van der Waals surface area (Å²) in [5.41, 5.74) is 0.0355. The predicted octanol–water partition coefficient (Wildman–Crippen LogP) is 4.81. The second kappa shape index (κ2) is 7.70. The zero-order valence-corrected chi connectivity index (χ0v) is 15.1. The summed E-state index contributed by atoms with van der Waals surface area (Å²) in [5.74, 6) is 0.660. The van der Waals surface area contributed by atoms with E-state index in [1.54, 1.807) is 24.3 Å². The molecular weight excluding hydrogens is 401 g/mol. The summed E-state index contributed by atoms with van der Waals surface area (Å²) in [4.78, 5) is 20.3. The average Bonchev–Trinajstić information content (AvgIpc) is 3.18. The van der Waals surface area contributed by atoms with Gasteiger partial charge in [0.15, 0.2) is 5.65 Å². The van der Waals surface area contributed by atoms with Crippen LogP contribution in [0.1, 0.15) is 5.56 Å². The molecule has 2 amide bonds. The standard InChI is InChI=1S/C19H13F3N6O2/c20-19(21,22)11-3-1-4-12(7-11)26-18(29)27-13-5-2-6-14(8-13)30-17-15-9-25-28-16(15)23-10-24-17/h1-10H,(H2,26,27,29)(H,23,24,25,28). The van der Waals surface area contributed by atoms with Crippen LogP contribution in [0, 0.1) is 0 Å². The van der Waals surface area contributed by atoms with Crippen molar-refractivity contribution < 1.29 is 22.7 Å². The van der Waals surface area contributed by atoms with Gasteiger partial charge < -0.3 is 15.4 Å². The molecule has 2 aromatic heterocycles. The van der Waals surface area contributed by atoms with Crippen molar-refractivity contribution in [3.05, 3.63) is 66.6 Å². The Morgan fingerprint density at radius 3 is 2.50 bits per heavy atom. The maximum absolute atomic E-state index is 12.8. The van der Waals surface area contributed by atoms with Crippen LogP contribution in [0.4, 0.5) is 29.3 Å². The van der Waals surface area contributed by atoms with Crippen LogP contribution in [0.3, 0.4) is 0 Å². The highest BCUT2D eigenvalue weighted by atomic mass is 19.4. The Morgan fingerprint density at radius 2 is 1.73 bits per heavy atom. The van der Waals surface area contributed by atoms with E-state index in [4.69, 9.17) is 4.74 Å². The summed E-state index contributed by atoms with van der Waals surface area (Å²) in [6.45, 7) is 0. The van der Waals surface area contributed by atoms with Crippen molar-refractivity contribution in [2.45, 2.75) is 6.18 Å². The molecule has 11 heteroatoms. The zero-order chi connectivity index (χ0) is 21.1. The monoisotopic (exact) mass is 414 g/mol. The summed E-state index contributed by atoms with van der Waals surface area (Å²) in [5, 5.41) is 12.1. The van der Waals surface area contributed by atoms with Gasteiger partial charge in [0.05, 0.1) is 11.8 Å². The van der Waals surface area contributed by atoms with Crippen LogP contribution in [0.2, 0.25) is 0 Å². The Hall–Kier alpha value is -4.15. The first-order valence-electron chi connectivity index (χ1n) is 8.56. The molecule has 8 nitrogen and oxygen atoms in total. The molecule has 0 aliphatic heterocycles. The number of alkyl halides is 3. The number of urea groups is 1. The van der Waals surface area contributed by atoms with Gasteiger partial charge in [0.25, 0.3) is 0 Å². The Kier molecular flexibility index (Phi) is 4.92. The number of halogens is 3. The summed E-state index contributed by atoms with van der Waals surface area (Å²) in [6.07, 6.45) is -1.66. The van der Waals surface area contributed by atoms with Gasteiger partial charge in [-0.25, -0.2) is 14.8 Å². The molecular formula is C19H13F3N6O2. The number of nitrogens with one attached hydrogen (secondary N) is 3. The molecule has 0 saturated carbocycles. The number of anilines is 2. The number of carbonyl (C=O) groups is 1. The number of carbonyl (C=O) groups excluding carboxylic acids is 1. The van der Waals surface area contributed by atoms with Gasteiger partial charge in [-0.1, -0.05) is 12.1 Å². The van der Waals surface area contributed by atoms with E-state index in [9.17, 15) is 18.0 Å². The molecule has 152 valence electrons. The van der Waals surface area contributed by atoms with Gasteiger partial charge in [0, 0.05) is 17.4 Å². The molecule has 4 rings (SSSR count). The number of fused-ring (bicyclic) bond motifs is 1. The molecule has 0 atom stereocenters. The minimum Gasteiger partial charge on any atom is -0.438 e. The van der Waals surface area contributed by atoms with Crippen molar-refractivity contribution >= 4 is 28.4 Å². The van der Waals surface area contributed by atoms with E-state index in [-0.39, 0.29) is 11.6 Å². The van der Waals surface area contributed by atoms with Gasteiger partial charge in [-0.2, -0.15) is 18.3 Å². The minimum absolute atomic E-state index is 0.0121. The van der Waals surface area contributed by atoms with Gasteiger partial charge in [-0.05, 0) is 30.3 Å². The highest BCUT2D eigenvalue weighted by Crippen LogP contribution is 2.31. The Morgan fingerprint density at radius 1 is 1.00 bits per heavy atom. The molecule has 2 heterocycles. The van der Waals surface area contributed by atoms with Crippen LogP contribution in [0.15, 0.2) is 61.1 Å². The highest BCUT2D eigenvalue weighted by molar-refractivity contribution is 5.99. The first kappa shape index (κ1) is 19.2. The second-order valence-corrected chi connectivity index (χ2v) is 6.10. The van der Waals surface area contributed by atoms with Gasteiger partial charge in [-0.15, -0.1) is 0 Å². The summed E-state index contributed by atoms with van der Waals surface area (Å²) in [6, 6.07) is 10.1. The van der Waals surface area contributed by atoms with Gasteiger partial charge in [0.2, 0.25) is 5.88 Å². The van der Waals surface area contributed by atoms with Crippen LogP contribution < -0.4 is 15.4 Å². The summed E-state index contributed by atoms with van der Waals surface area (Å²) < 4.78 is 44.1.